The molecule has 1 atom stereocenters. The van der Waals surface area contributed by atoms with Crippen molar-refractivity contribution in [2.75, 3.05) is 13.6 Å². The summed E-state index contributed by atoms with van der Waals surface area (Å²) >= 11 is 0. The standard InChI is InChI=1S/C32H28NP/c1-33-23-22-25-13-9-11-19-29(25)32(33)31-28-18-10-8-12-24(28)20-21-30(31)34(26-14-4-2-5-15-26)27-16-6-3-7-17-27/h2-21,32H,22-23H2,1H3. The van der Waals surface area contributed by atoms with Crippen molar-refractivity contribution >= 4 is 34.6 Å². The van der Waals surface area contributed by atoms with Crippen LogP contribution >= 0.6 is 7.92 Å². The summed E-state index contributed by atoms with van der Waals surface area (Å²) in [5.74, 6) is 0. The third-order valence-corrected chi connectivity index (χ3v) is 9.52. The van der Waals surface area contributed by atoms with Crippen molar-refractivity contribution in [1.29, 1.82) is 0 Å². The molecule has 34 heavy (non-hydrogen) atoms. The van der Waals surface area contributed by atoms with Gasteiger partial charge >= 0.3 is 0 Å². The molecule has 5 aromatic carbocycles. The van der Waals surface area contributed by atoms with Gasteiger partial charge in [0.2, 0.25) is 0 Å². The zero-order valence-corrected chi connectivity index (χ0v) is 20.3. The van der Waals surface area contributed by atoms with Crippen molar-refractivity contribution in [3.63, 3.8) is 0 Å². The minimum Gasteiger partial charge on any atom is -0.295 e. The second kappa shape index (κ2) is 9.18. The topological polar surface area (TPSA) is 3.24 Å². The smallest absolute Gasteiger partial charge is 0.0614 e. The van der Waals surface area contributed by atoms with Gasteiger partial charge in [0.05, 0.1) is 6.04 Å². The summed E-state index contributed by atoms with van der Waals surface area (Å²) < 4.78 is 0. The van der Waals surface area contributed by atoms with Gasteiger partial charge in [-0.1, -0.05) is 121 Å². The molecule has 1 nitrogen and oxygen atoms in total. The second-order valence-corrected chi connectivity index (χ2v) is 11.2. The minimum atomic E-state index is -0.700. The van der Waals surface area contributed by atoms with Crippen LogP contribution in [0.15, 0.2) is 121 Å². The number of fused-ring (bicyclic) bond motifs is 2. The molecule has 5 aromatic rings. The summed E-state index contributed by atoms with van der Waals surface area (Å²) in [6.07, 6.45) is 1.11. The van der Waals surface area contributed by atoms with E-state index in [0.29, 0.717) is 0 Å². The Kier molecular flexibility index (Phi) is 5.75. The lowest BCUT2D eigenvalue weighted by molar-refractivity contribution is 0.267. The normalized spacial score (nSPS) is 16.0. The monoisotopic (exact) mass is 457 g/mol. The molecule has 1 unspecified atom stereocenters. The van der Waals surface area contributed by atoms with Gasteiger partial charge in [-0.05, 0) is 64.8 Å². The summed E-state index contributed by atoms with van der Waals surface area (Å²) in [4.78, 5) is 2.55. The molecule has 1 aliphatic rings. The van der Waals surface area contributed by atoms with E-state index in [4.69, 9.17) is 0 Å². The molecule has 6 rings (SSSR count). The Bertz CT molecular complexity index is 1390. The van der Waals surface area contributed by atoms with Crippen molar-refractivity contribution in [2.45, 2.75) is 12.5 Å². The van der Waals surface area contributed by atoms with Gasteiger partial charge in [-0.25, -0.2) is 0 Å². The molecule has 1 aliphatic heterocycles. The number of nitrogens with zero attached hydrogens (tertiary/aromatic N) is 1. The van der Waals surface area contributed by atoms with E-state index in [2.05, 4.69) is 133 Å². The van der Waals surface area contributed by atoms with E-state index >= 15 is 0 Å². The lowest BCUT2D eigenvalue weighted by atomic mass is 9.86. The third-order valence-electron chi connectivity index (χ3n) is 7.02. The highest BCUT2D eigenvalue weighted by atomic mass is 31.1. The Morgan fingerprint density at radius 2 is 1.26 bits per heavy atom. The maximum atomic E-state index is 2.55. The molecule has 0 amide bonds. The van der Waals surface area contributed by atoms with Crippen molar-refractivity contribution in [3.05, 3.63) is 138 Å². The molecule has 0 aromatic heterocycles. The van der Waals surface area contributed by atoms with Gasteiger partial charge in [0, 0.05) is 6.54 Å². The molecule has 2 heteroatoms. The Balaban J connectivity index is 1.68. The van der Waals surface area contributed by atoms with Gasteiger partial charge in [-0.2, -0.15) is 0 Å². The largest absolute Gasteiger partial charge is 0.295 e. The Morgan fingerprint density at radius 1 is 0.647 bits per heavy atom. The summed E-state index contributed by atoms with van der Waals surface area (Å²) in [6, 6.07) is 45.1. The number of benzene rings is 5. The van der Waals surface area contributed by atoms with Crippen LogP contribution in [0.5, 0.6) is 0 Å². The van der Waals surface area contributed by atoms with Crippen LogP contribution in [0.3, 0.4) is 0 Å². The fourth-order valence-corrected chi connectivity index (χ4v) is 7.92. The highest BCUT2D eigenvalue weighted by molar-refractivity contribution is 7.80. The van der Waals surface area contributed by atoms with E-state index in [9.17, 15) is 0 Å². The summed E-state index contributed by atoms with van der Waals surface area (Å²) in [5, 5.41) is 6.93. The maximum Gasteiger partial charge on any atom is 0.0614 e. The third kappa shape index (κ3) is 3.76. The van der Waals surface area contributed by atoms with Crippen LogP contribution in [0.2, 0.25) is 0 Å². The van der Waals surface area contributed by atoms with E-state index < -0.39 is 7.92 Å². The second-order valence-electron chi connectivity index (χ2n) is 9.06. The van der Waals surface area contributed by atoms with Crippen LogP contribution in [0.4, 0.5) is 0 Å². The molecule has 166 valence electrons. The average molecular weight is 458 g/mol. The highest BCUT2D eigenvalue weighted by Crippen LogP contribution is 2.43. The van der Waals surface area contributed by atoms with E-state index in [1.165, 1.54) is 43.4 Å². The quantitative estimate of drug-likeness (QED) is 0.292. The molecule has 0 N–H and O–H groups in total. The first-order valence-electron chi connectivity index (χ1n) is 12.0. The molecule has 0 fully saturated rings. The van der Waals surface area contributed by atoms with Gasteiger partial charge in [0.1, 0.15) is 0 Å². The number of likely N-dealkylation sites (N-methyl/N-ethyl adjacent to an activating group) is 1. The fraction of sp³-hybridized carbons (Fsp3) is 0.125. The summed E-state index contributed by atoms with van der Waals surface area (Å²) in [7, 11) is 1.59. The van der Waals surface area contributed by atoms with Crippen molar-refractivity contribution in [2.24, 2.45) is 0 Å². The molecule has 0 radical (unpaired) electrons. The van der Waals surface area contributed by atoms with Gasteiger partial charge in [0.15, 0.2) is 0 Å². The first kappa shape index (κ1) is 21.3. The van der Waals surface area contributed by atoms with E-state index in [-0.39, 0.29) is 6.04 Å². The van der Waals surface area contributed by atoms with E-state index in [1.807, 2.05) is 0 Å². The zero-order chi connectivity index (χ0) is 22.9. The average Bonchev–Trinajstić information content (AvgIpc) is 2.90. The molecule has 0 saturated heterocycles. The van der Waals surface area contributed by atoms with E-state index in [0.717, 1.165) is 13.0 Å². The van der Waals surface area contributed by atoms with Crippen molar-refractivity contribution in [3.8, 4) is 0 Å². The Morgan fingerprint density at radius 3 is 2.00 bits per heavy atom. The van der Waals surface area contributed by atoms with Crippen LogP contribution in [0.25, 0.3) is 10.8 Å². The first-order valence-corrected chi connectivity index (χ1v) is 13.4. The Hall–Kier alpha value is -3.25. The number of hydrogen-bond acceptors (Lipinski definition) is 1. The molecular weight excluding hydrogens is 429 g/mol. The van der Waals surface area contributed by atoms with Crippen molar-refractivity contribution < 1.29 is 0 Å². The summed E-state index contributed by atoms with van der Waals surface area (Å²) in [5.41, 5.74) is 4.39. The molecule has 1 heterocycles. The molecule has 0 bridgehead atoms. The van der Waals surface area contributed by atoms with Gasteiger partial charge in [-0.15, -0.1) is 0 Å². The van der Waals surface area contributed by atoms with Crippen LogP contribution in [-0.4, -0.2) is 18.5 Å². The molecule has 0 spiro atoms. The fourth-order valence-electron chi connectivity index (χ4n) is 5.42. The van der Waals surface area contributed by atoms with E-state index in [1.54, 1.807) is 0 Å². The number of hydrogen-bond donors (Lipinski definition) is 0. The SMILES string of the molecule is CN1CCc2ccccc2C1c1c(P(c2ccccc2)c2ccccc2)ccc2ccccc12. The van der Waals surface area contributed by atoms with Gasteiger partial charge < -0.3 is 0 Å². The van der Waals surface area contributed by atoms with Crippen LogP contribution in [0.1, 0.15) is 22.7 Å². The van der Waals surface area contributed by atoms with Crippen LogP contribution in [-0.2, 0) is 6.42 Å². The predicted molar refractivity (Wildman–Crippen MR) is 147 cm³/mol. The molecule has 0 aliphatic carbocycles. The lowest BCUT2D eigenvalue weighted by Crippen LogP contribution is -2.36. The summed E-state index contributed by atoms with van der Waals surface area (Å²) in [6.45, 7) is 1.07. The molecule has 0 saturated carbocycles. The molecular formula is C32H28NP. The zero-order valence-electron chi connectivity index (χ0n) is 19.4. The Labute approximate surface area is 203 Å². The van der Waals surface area contributed by atoms with Crippen LogP contribution < -0.4 is 15.9 Å². The van der Waals surface area contributed by atoms with Crippen molar-refractivity contribution in [1.82, 2.24) is 4.90 Å². The first-order chi connectivity index (χ1) is 16.8. The van der Waals surface area contributed by atoms with Gasteiger partial charge in [-0.3, -0.25) is 4.90 Å². The maximum absolute atomic E-state index is 2.55. The van der Waals surface area contributed by atoms with Gasteiger partial charge in [0.25, 0.3) is 0 Å². The number of rotatable bonds is 4. The van der Waals surface area contributed by atoms with Crippen LogP contribution in [0, 0.1) is 0 Å². The minimum absolute atomic E-state index is 0.239. The highest BCUT2D eigenvalue weighted by Gasteiger charge is 2.32. The lowest BCUT2D eigenvalue weighted by Gasteiger charge is -2.38. The predicted octanol–water partition coefficient (Wildman–Crippen LogP) is 6.18.